The van der Waals surface area contributed by atoms with Crippen LogP contribution in [0.3, 0.4) is 0 Å². The fourth-order valence-electron chi connectivity index (χ4n) is 0.102. The number of halogens is 1. The Hall–Kier alpha value is 1.22. The summed E-state index contributed by atoms with van der Waals surface area (Å²) in [5.74, 6) is 0. The third-order valence-corrected chi connectivity index (χ3v) is 0.591. The Kier molecular flexibility index (Phi) is 66.1. The summed E-state index contributed by atoms with van der Waals surface area (Å²) in [5, 5.41) is 7.53. The van der Waals surface area contributed by atoms with Gasteiger partial charge in [0.1, 0.15) is 0 Å². The summed E-state index contributed by atoms with van der Waals surface area (Å²) in [7, 11) is -4.82. The zero-order valence-electron chi connectivity index (χ0n) is 9.74. The van der Waals surface area contributed by atoms with E-state index < -0.39 is 60.5 Å². The third kappa shape index (κ3) is 270. The molecule has 0 unspecified atom stereocenters. The van der Waals surface area contributed by atoms with Crippen molar-refractivity contribution in [1.29, 1.82) is 0 Å². The summed E-state index contributed by atoms with van der Waals surface area (Å²) in [4.78, 5) is 24.7. The Morgan fingerprint density at radius 1 is 1.00 bits per heavy atom. The van der Waals surface area contributed by atoms with Crippen LogP contribution < -0.4 is 0 Å². The Bertz CT molecular complexity index is 502. The van der Waals surface area contributed by atoms with Gasteiger partial charge in [-0.15, -0.1) is 0 Å². The normalized spacial score (nSPS) is 7.26. The van der Waals surface area contributed by atoms with Crippen LogP contribution in [0.1, 0.15) is 0 Å². The molecule has 0 bridgehead atoms. The first-order chi connectivity index (χ1) is 9.29. The topological polar surface area (TPSA) is 241 Å². The molecule has 0 atom stereocenters. The summed E-state index contributed by atoms with van der Waals surface area (Å²) in [6.45, 7) is 0. The molecule has 0 aromatic rings. The number of phosphoric ester groups is 1. The number of carbonyl (C=O) groups is 1. The molecule has 0 saturated heterocycles. The molecule has 0 aromatic carbocycles. The Morgan fingerprint density at radius 2 is 1.13 bits per heavy atom. The van der Waals surface area contributed by atoms with Crippen molar-refractivity contribution in [3.8, 4) is 0 Å². The van der Waals surface area contributed by atoms with Crippen LogP contribution in [0.5, 0.6) is 0 Å². The van der Waals surface area contributed by atoms with Gasteiger partial charge in [-0.05, 0) is 0 Å². The Balaban J connectivity index is -0.0000000298. The molecule has 133 valence electrons. The van der Waals surface area contributed by atoms with Crippen molar-refractivity contribution in [2.45, 2.75) is 0 Å². The van der Waals surface area contributed by atoms with Gasteiger partial charge in [-0.2, -0.15) is 0 Å². The standard InChI is InChI=1S/CH3O6P.FH.2Fe.2Li.Mn.8O.Ti.H/c2-1(3)7-8(4,5)6;;;;;;;;;;;;;;;;/h(H,2,3)(H2,4,5,6);1H;;;;;;;;;;;;;;;/q;;;;;+1;;;;;;;;;;;/p-1. The van der Waals surface area contributed by atoms with E-state index >= 15 is 0 Å². The van der Waals surface area contributed by atoms with Gasteiger partial charge < -0.3 is 9.63 Å². The van der Waals surface area contributed by atoms with Crippen LogP contribution in [-0.2, 0) is 102 Å². The molecule has 0 spiro atoms. The van der Waals surface area contributed by atoms with Crippen molar-refractivity contribution in [2.24, 2.45) is 0 Å². The quantitative estimate of drug-likeness (QED) is 0.256. The number of hydrogen-bond donors (Lipinski definition) is 3. The van der Waals surface area contributed by atoms with E-state index in [0.717, 1.165) is 0 Å². The molecule has 0 aliphatic rings. The predicted molar refractivity (Wildman–Crippen MR) is 40.7 cm³/mol. The van der Waals surface area contributed by atoms with Crippen LogP contribution in [0.15, 0.2) is 0 Å². The van der Waals surface area contributed by atoms with E-state index in [1.165, 1.54) is 0 Å². The van der Waals surface area contributed by atoms with Gasteiger partial charge in [0, 0.05) is 17.1 Å². The minimum absolute atomic E-state index is 0. The summed E-state index contributed by atoms with van der Waals surface area (Å²) in [5.41, 5.74) is 0. The first-order valence-electron chi connectivity index (χ1n) is 3.05. The second-order valence-electron chi connectivity index (χ2n) is 1.28. The summed E-state index contributed by atoms with van der Waals surface area (Å²) >= 11 is -8.50. The zero-order valence-corrected chi connectivity index (χ0v) is 15.6. The van der Waals surface area contributed by atoms with Gasteiger partial charge in [0.15, 0.2) is 0 Å². The summed E-state index contributed by atoms with van der Waals surface area (Å²) in [6.07, 6.45) is -1.99. The molecule has 0 aliphatic heterocycles. The van der Waals surface area contributed by atoms with Gasteiger partial charge in [0.25, 0.3) is 0 Å². The van der Waals surface area contributed by atoms with Gasteiger partial charge >= 0.3 is 131 Å². The van der Waals surface area contributed by atoms with E-state index in [-0.39, 0.29) is 35.9 Å². The van der Waals surface area contributed by atoms with Crippen molar-refractivity contribution in [3.05, 3.63) is 0 Å². The Labute approximate surface area is 174 Å². The van der Waals surface area contributed by atoms with E-state index in [2.05, 4.69) is 4.52 Å². The molecule has 0 aliphatic carbocycles. The summed E-state index contributed by atoms with van der Waals surface area (Å²) < 4.78 is 90.1. The van der Waals surface area contributed by atoms with Crippen LogP contribution in [0.2, 0.25) is 0 Å². The van der Waals surface area contributed by atoms with Gasteiger partial charge in [-0.3, -0.25) is 9.79 Å². The first-order valence-corrected chi connectivity index (χ1v) is 8.56. The van der Waals surface area contributed by atoms with Gasteiger partial charge in [-0.25, -0.2) is 9.36 Å². The molecule has 1 radical (unpaired) electrons. The maximum absolute atomic E-state index is 9.53. The molecule has 23 heavy (non-hydrogen) atoms. The predicted octanol–water partition coefficient (Wildman–Crippen LogP) is -1.80. The van der Waals surface area contributed by atoms with E-state index in [0.29, 0.717) is 18.2 Å². The van der Waals surface area contributed by atoms with E-state index in [4.69, 9.17) is 44.6 Å². The fourth-order valence-corrected chi connectivity index (χ4v) is 0.305. The van der Waals surface area contributed by atoms with Crippen molar-refractivity contribution in [3.63, 3.8) is 0 Å². The molecular weight excluding hydrogens is 514 g/mol. The molecule has 14 nitrogen and oxygen atoms in total. The van der Waals surface area contributed by atoms with Crippen molar-refractivity contribution in [1.82, 2.24) is 0 Å². The van der Waals surface area contributed by atoms with Crippen LogP contribution >= 0.6 is 7.82 Å². The summed E-state index contributed by atoms with van der Waals surface area (Å²) in [6, 6.07) is 0. The molecule has 3 N–H and O–H groups in total. The number of phosphoric acid groups is 1. The van der Waals surface area contributed by atoms with Crippen LogP contribution in [0.4, 0.5) is 8.17 Å². The first kappa shape index (κ1) is 44.0. The number of hydrogen-bond acceptors (Lipinski definition) is 11. The fraction of sp³-hybridized carbons (Fsp3) is 0. The number of carboxylic acid groups (broad SMARTS) is 1. The van der Waals surface area contributed by atoms with Gasteiger partial charge in [0.2, 0.25) is 0 Å². The molecular formula is CH4FFe2Li2MnO14PTi. The Morgan fingerprint density at radius 3 is 1.13 bits per heavy atom. The minimum atomic E-state index is -4.82. The van der Waals surface area contributed by atoms with Gasteiger partial charge in [-0.1, -0.05) is 0 Å². The van der Waals surface area contributed by atoms with Crippen LogP contribution in [-0.4, -0.2) is 58.1 Å². The molecule has 0 aromatic heterocycles. The van der Waals surface area contributed by atoms with Crippen LogP contribution in [0, 0.1) is 0 Å². The molecule has 22 heteroatoms. The van der Waals surface area contributed by atoms with E-state index in [1.807, 2.05) is 0 Å². The van der Waals surface area contributed by atoms with Crippen molar-refractivity contribution < 1.29 is 125 Å². The van der Waals surface area contributed by atoms with Crippen molar-refractivity contribution >= 4 is 51.0 Å². The second kappa shape index (κ2) is 34.5. The third-order valence-electron chi connectivity index (χ3n) is 0.197. The average Bonchev–Trinajstić information content (AvgIpc) is 2.15. The second-order valence-corrected chi connectivity index (χ2v) is 3.81. The molecule has 0 rings (SSSR count). The zero-order chi connectivity index (χ0) is 18.6. The number of rotatable bonds is 1. The van der Waals surface area contributed by atoms with Gasteiger partial charge in [0.05, 0.1) is 0 Å². The van der Waals surface area contributed by atoms with Crippen molar-refractivity contribution in [2.75, 3.05) is 0 Å². The van der Waals surface area contributed by atoms with E-state index in [9.17, 15) is 12.7 Å². The average molecular weight is 518 g/mol. The van der Waals surface area contributed by atoms with E-state index in [1.54, 1.807) is 0 Å². The maximum atomic E-state index is 9.53. The molecule has 0 heterocycles. The molecule has 0 fully saturated rings. The monoisotopic (exact) mass is 519 g/mol. The SMILES string of the molecule is O=C(O)OP(=O)(O)O.[LiH].[Li][F].[Mn].[O]=[Fe](=[O])=[O].[O]=[Fe](=[O])=[O].[O]=[Ti]=[O]. The molecule has 0 amide bonds. The molecule has 0 saturated carbocycles. The van der Waals surface area contributed by atoms with Crippen LogP contribution in [0.25, 0.3) is 0 Å².